The van der Waals surface area contributed by atoms with E-state index >= 15 is 0 Å². The van der Waals surface area contributed by atoms with E-state index in [0.717, 1.165) is 6.54 Å². The van der Waals surface area contributed by atoms with Crippen LogP contribution in [0.3, 0.4) is 0 Å². The van der Waals surface area contributed by atoms with E-state index < -0.39 is 0 Å². The highest BCUT2D eigenvalue weighted by atomic mass is 16.5. The second-order valence-electron chi connectivity index (χ2n) is 4.02. The lowest BCUT2D eigenvalue weighted by molar-refractivity contribution is -0.153. The van der Waals surface area contributed by atoms with Crippen molar-refractivity contribution in [2.45, 2.75) is 19.1 Å². The molecule has 1 unspecified atom stereocenters. The third-order valence-corrected chi connectivity index (χ3v) is 2.85. The van der Waals surface area contributed by atoms with Crippen molar-refractivity contribution < 1.29 is 14.3 Å². The molecule has 5 nitrogen and oxygen atoms in total. The summed E-state index contributed by atoms with van der Waals surface area (Å²) in [5, 5.41) is 3.17. The molecule has 2 aliphatic rings. The van der Waals surface area contributed by atoms with E-state index in [9.17, 15) is 4.79 Å². The van der Waals surface area contributed by atoms with Crippen LogP contribution < -0.4 is 5.32 Å². The highest BCUT2D eigenvalue weighted by molar-refractivity contribution is 5.81. The van der Waals surface area contributed by atoms with Gasteiger partial charge in [0.2, 0.25) is 0 Å². The van der Waals surface area contributed by atoms with Crippen LogP contribution >= 0.6 is 0 Å². The minimum Gasteiger partial charge on any atom is -0.377 e. The Bertz CT molecular complexity index is 229. The summed E-state index contributed by atoms with van der Waals surface area (Å²) < 4.78 is 10.7. The van der Waals surface area contributed by atoms with Crippen molar-refractivity contribution in [2.75, 3.05) is 39.5 Å². The molecule has 0 aromatic heterocycles. The molecule has 5 heteroatoms. The van der Waals surface area contributed by atoms with Crippen molar-refractivity contribution in [3.05, 3.63) is 0 Å². The van der Waals surface area contributed by atoms with Crippen LogP contribution in [-0.2, 0) is 14.3 Å². The number of nitrogens with zero attached hydrogens (tertiary/aromatic N) is 1. The van der Waals surface area contributed by atoms with Crippen LogP contribution in [0.4, 0.5) is 0 Å². The first-order valence-electron chi connectivity index (χ1n) is 5.49. The van der Waals surface area contributed by atoms with Gasteiger partial charge in [0.15, 0.2) is 0 Å². The maximum Gasteiger partial charge on any atom is 0.253 e. The molecule has 2 atom stereocenters. The van der Waals surface area contributed by atoms with E-state index in [2.05, 4.69) is 5.32 Å². The number of hydrogen-bond donors (Lipinski definition) is 1. The SMILES string of the molecule is C[C@@H]1COCCN1C(=O)C1CNCCO1. The number of amides is 1. The third kappa shape index (κ3) is 2.48. The summed E-state index contributed by atoms with van der Waals surface area (Å²) in [6.07, 6.45) is -0.306. The van der Waals surface area contributed by atoms with Gasteiger partial charge in [0, 0.05) is 19.6 Å². The van der Waals surface area contributed by atoms with Gasteiger partial charge in [0.1, 0.15) is 6.10 Å². The minimum atomic E-state index is -0.306. The molecule has 1 N–H and O–H groups in total. The van der Waals surface area contributed by atoms with Gasteiger partial charge in [-0.1, -0.05) is 0 Å². The predicted molar refractivity (Wildman–Crippen MR) is 54.6 cm³/mol. The molecule has 0 bridgehead atoms. The molecular formula is C10H18N2O3. The fourth-order valence-electron chi connectivity index (χ4n) is 1.96. The summed E-state index contributed by atoms with van der Waals surface area (Å²) in [6, 6.07) is 0.164. The monoisotopic (exact) mass is 214 g/mol. The van der Waals surface area contributed by atoms with Crippen molar-refractivity contribution >= 4 is 5.91 Å². The van der Waals surface area contributed by atoms with Gasteiger partial charge < -0.3 is 19.7 Å². The normalized spacial score (nSPS) is 32.7. The molecule has 86 valence electrons. The van der Waals surface area contributed by atoms with Gasteiger partial charge >= 0.3 is 0 Å². The number of carbonyl (C=O) groups is 1. The molecule has 2 fully saturated rings. The van der Waals surface area contributed by atoms with E-state index in [4.69, 9.17) is 9.47 Å². The smallest absolute Gasteiger partial charge is 0.253 e. The molecule has 2 rings (SSSR count). The molecule has 0 aliphatic carbocycles. The summed E-state index contributed by atoms with van der Waals surface area (Å²) in [4.78, 5) is 13.9. The molecule has 0 saturated carbocycles. The highest BCUT2D eigenvalue weighted by Gasteiger charge is 2.31. The fraction of sp³-hybridized carbons (Fsp3) is 0.900. The Morgan fingerprint density at radius 3 is 3.00 bits per heavy atom. The van der Waals surface area contributed by atoms with Crippen LogP contribution in [-0.4, -0.2) is 62.4 Å². The number of ether oxygens (including phenoxy) is 2. The first-order valence-corrected chi connectivity index (χ1v) is 5.49. The summed E-state index contributed by atoms with van der Waals surface area (Å²) in [5.74, 6) is 0.0954. The van der Waals surface area contributed by atoms with Gasteiger partial charge in [-0.3, -0.25) is 4.79 Å². The summed E-state index contributed by atoms with van der Waals surface area (Å²) in [5.41, 5.74) is 0. The zero-order chi connectivity index (χ0) is 10.7. The minimum absolute atomic E-state index is 0.0954. The van der Waals surface area contributed by atoms with Crippen LogP contribution in [0.2, 0.25) is 0 Å². The summed E-state index contributed by atoms with van der Waals surface area (Å²) >= 11 is 0. The number of morpholine rings is 2. The molecule has 1 amide bonds. The molecule has 2 aliphatic heterocycles. The molecule has 0 aromatic carbocycles. The van der Waals surface area contributed by atoms with Crippen molar-refractivity contribution in [1.82, 2.24) is 10.2 Å². The lowest BCUT2D eigenvalue weighted by Crippen LogP contribution is -2.55. The Balaban J connectivity index is 1.92. The van der Waals surface area contributed by atoms with Gasteiger partial charge in [0.25, 0.3) is 5.91 Å². The number of nitrogens with one attached hydrogen (secondary N) is 1. The number of carbonyl (C=O) groups excluding carboxylic acids is 1. The lowest BCUT2D eigenvalue weighted by Gasteiger charge is -2.36. The first kappa shape index (κ1) is 10.9. The second kappa shape index (κ2) is 4.92. The average Bonchev–Trinajstić information content (AvgIpc) is 2.30. The van der Waals surface area contributed by atoms with Gasteiger partial charge in [0.05, 0.1) is 25.9 Å². The van der Waals surface area contributed by atoms with Crippen LogP contribution in [0.15, 0.2) is 0 Å². The van der Waals surface area contributed by atoms with Gasteiger partial charge in [-0.2, -0.15) is 0 Å². The van der Waals surface area contributed by atoms with Crippen LogP contribution in [0, 0.1) is 0 Å². The molecular weight excluding hydrogens is 196 g/mol. The average molecular weight is 214 g/mol. The van der Waals surface area contributed by atoms with E-state index in [1.54, 1.807) is 0 Å². The zero-order valence-electron chi connectivity index (χ0n) is 9.07. The van der Waals surface area contributed by atoms with Crippen molar-refractivity contribution in [1.29, 1.82) is 0 Å². The van der Waals surface area contributed by atoms with Crippen LogP contribution in [0.25, 0.3) is 0 Å². The van der Waals surface area contributed by atoms with Gasteiger partial charge in [-0.25, -0.2) is 0 Å². The Hall–Kier alpha value is -0.650. The van der Waals surface area contributed by atoms with Gasteiger partial charge in [-0.15, -0.1) is 0 Å². The molecule has 0 aromatic rings. The Kier molecular flexibility index (Phi) is 3.56. The second-order valence-corrected chi connectivity index (χ2v) is 4.02. The summed E-state index contributed by atoms with van der Waals surface area (Å²) in [7, 11) is 0. The first-order chi connectivity index (χ1) is 7.29. The molecule has 2 saturated heterocycles. The molecule has 2 heterocycles. The van der Waals surface area contributed by atoms with Crippen LogP contribution in [0.1, 0.15) is 6.92 Å². The quantitative estimate of drug-likeness (QED) is 0.622. The predicted octanol–water partition coefficient (Wildman–Crippen LogP) is -0.778. The third-order valence-electron chi connectivity index (χ3n) is 2.85. The molecule has 0 spiro atoms. The topological polar surface area (TPSA) is 50.8 Å². The zero-order valence-corrected chi connectivity index (χ0v) is 9.07. The maximum absolute atomic E-state index is 12.1. The molecule has 0 radical (unpaired) electrons. The lowest BCUT2D eigenvalue weighted by atomic mass is 10.2. The standard InChI is InChI=1S/C10H18N2O3/c1-8-7-14-5-3-12(8)10(13)9-6-11-2-4-15-9/h8-9,11H,2-7H2,1H3/t8-,9?/m1/s1. The van der Waals surface area contributed by atoms with E-state index in [1.165, 1.54) is 0 Å². The van der Waals surface area contributed by atoms with E-state index in [0.29, 0.717) is 32.9 Å². The van der Waals surface area contributed by atoms with Crippen molar-refractivity contribution in [3.63, 3.8) is 0 Å². The van der Waals surface area contributed by atoms with E-state index in [1.807, 2.05) is 11.8 Å². The fourth-order valence-corrected chi connectivity index (χ4v) is 1.96. The largest absolute Gasteiger partial charge is 0.377 e. The molecule has 15 heavy (non-hydrogen) atoms. The number of hydrogen-bond acceptors (Lipinski definition) is 4. The highest BCUT2D eigenvalue weighted by Crippen LogP contribution is 2.10. The maximum atomic E-state index is 12.1. The van der Waals surface area contributed by atoms with E-state index in [-0.39, 0.29) is 18.1 Å². The van der Waals surface area contributed by atoms with Crippen molar-refractivity contribution in [2.24, 2.45) is 0 Å². The summed E-state index contributed by atoms with van der Waals surface area (Å²) in [6.45, 7) is 6.04. The van der Waals surface area contributed by atoms with Crippen LogP contribution in [0.5, 0.6) is 0 Å². The van der Waals surface area contributed by atoms with Crippen molar-refractivity contribution in [3.8, 4) is 0 Å². The Morgan fingerprint density at radius 1 is 1.47 bits per heavy atom. The Morgan fingerprint density at radius 2 is 2.33 bits per heavy atom. The number of rotatable bonds is 1. The van der Waals surface area contributed by atoms with Gasteiger partial charge in [-0.05, 0) is 6.92 Å². The Labute approximate surface area is 89.7 Å².